The third-order valence-electron chi connectivity index (χ3n) is 4.61. The first-order valence-corrected chi connectivity index (χ1v) is 9.79. The van der Waals surface area contributed by atoms with Crippen LogP contribution in [0.1, 0.15) is 39.7 Å². The van der Waals surface area contributed by atoms with Gasteiger partial charge in [0, 0.05) is 38.6 Å². The summed E-state index contributed by atoms with van der Waals surface area (Å²) in [6.45, 7) is 11.2. The SMILES string of the molecule is C[C@@H]1CN(C(=O)OC(C)(C)C)CCN1CCOc1ccc(CCC(=O)O)cc1. The van der Waals surface area contributed by atoms with Crippen molar-refractivity contribution in [1.82, 2.24) is 9.80 Å². The number of hydrogen-bond acceptors (Lipinski definition) is 5. The number of rotatable bonds is 7. The van der Waals surface area contributed by atoms with Gasteiger partial charge in [-0.2, -0.15) is 0 Å². The van der Waals surface area contributed by atoms with Gasteiger partial charge >= 0.3 is 12.1 Å². The van der Waals surface area contributed by atoms with Crippen LogP contribution in [0.4, 0.5) is 4.79 Å². The minimum atomic E-state index is -0.791. The zero-order valence-corrected chi connectivity index (χ0v) is 17.3. The first kappa shape index (κ1) is 22.0. The van der Waals surface area contributed by atoms with Crippen molar-refractivity contribution >= 4 is 12.1 Å². The first-order valence-electron chi connectivity index (χ1n) is 9.79. The highest BCUT2D eigenvalue weighted by atomic mass is 16.6. The molecule has 0 aromatic heterocycles. The average molecular weight is 392 g/mol. The molecule has 7 heteroatoms. The van der Waals surface area contributed by atoms with E-state index in [4.69, 9.17) is 14.6 Å². The lowest BCUT2D eigenvalue weighted by Crippen LogP contribution is -2.55. The number of carboxylic acids is 1. The molecule has 28 heavy (non-hydrogen) atoms. The number of nitrogens with zero attached hydrogens (tertiary/aromatic N) is 2. The lowest BCUT2D eigenvalue weighted by atomic mass is 10.1. The summed E-state index contributed by atoms with van der Waals surface area (Å²) < 4.78 is 11.3. The van der Waals surface area contributed by atoms with E-state index >= 15 is 0 Å². The number of carbonyl (C=O) groups excluding carboxylic acids is 1. The second-order valence-corrected chi connectivity index (χ2v) is 8.20. The molecule has 0 aliphatic carbocycles. The summed E-state index contributed by atoms with van der Waals surface area (Å²) in [7, 11) is 0. The second-order valence-electron chi connectivity index (χ2n) is 8.20. The zero-order valence-electron chi connectivity index (χ0n) is 17.3. The van der Waals surface area contributed by atoms with Gasteiger partial charge in [-0.3, -0.25) is 9.69 Å². The number of aliphatic carboxylic acids is 1. The van der Waals surface area contributed by atoms with E-state index in [0.29, 0.717) is 26.1 Å². The highest BCUT2D eigenvalue weighted by molar-refractivity contribution is 5.68. The zero-order chi connectivity index (χ0) is 20.7. The Morgan fingerprint density at radius 2 is 1.86 bits per heavy atom. The fourth-order valence-electron chi connectivity index (χ4n) is 3.10. The van der Waals surface area contributed by atoms with Crippen LogP contribution in [0.5, 0.6) is 5.75 Å². The fraction of sp³-hybridized carbons (Fsp3) is 0.619. The molecule has 0 bridgehead atoms. The first-order chi connectivity index (χ1) is 13.1. The van der Waals surface area contributed by atoms with Gasteiger partial charge in [-0.05, 0) is 51.8 Å². The molecule has 1 amide bonds. The quantitative estimate of drug-likeness (QED) is 0.768. The third-order valence-corrected chi connectivity index (χ3v) is 4.61. The van der Waals surface area contributed by atoms with Gasteiger partial charge in [0.25, 0.3) is 0 Å². The predicted molar refractivity (Wildman–Crippen MR) is 107 cm³/mol. The lowest BCUT2D eigenvalue weighted by Gasteiger charge is -2.40. The topological polar surface area (TPSA) is 79.3 Å². The molecule has 1 aromatic rings. The molecule has 1 aliphatic rings. The predicted octanol–water partition coefficient (Wildman–Crippen LogP) is 3.02. The molecule has 1 fully saturated rings. The van der Waals surface area contributed by atoms with Crippen LogP contribution >= 0.6 is 0 Å². The molecule has 0 radical (unpaired) electrons. The normalized spacial score (nSPS) is 18.0. The summed E-state index contributed by atoms with van der Waals surface area (Å²) in [6.07, 6.45) is 0.404. The molecule has 7 nitrogen and oxygen atoms in total. The Labute approximate surface area is 167 Å². The Hall–Kier alpha value is -2.28. The average Bonchev–Trinajstić information content (AvgIpc) is 2.61. The van der Waals surface area contributed by atoms with Crippen molar-refractivity contribution in [1.29, 1.82) is 0 Å². The van der Waals surface area contributed by atoms with Crippen LogP contribution in [0, 0.1) is 0 Å². The number of carboxylic acid groups (broad SMARTS) is 1. The van der Waals surface area contributed by atoms with Crippen molar-refractivity contribution in [3.8, 4) is 5.75 Å². The smallest absolute Gasteiger partial charge is 0.410 e. The van der Waals surface area contributed by atoms with Crippen LogP contribution in [-0.2, 0) is 16.0 Å². The van der Waals surface area contributed by atoms with Gasteiger partial charge in [-0.1, -0.05) is 12.1 Å². The van der Waals surface area contributed by atoms with E-state index in [2.05, 4.69) is 11.8 Å². The van der Waals surface area contributed by atoms with Crippen LogP contribution in [0.15, 0.2) is 24.3 Å². The van der Waals surface area contributed by atoms with E-state index in [0.717, 1.165) is 24.4 Å². The van der Waals surface area contributed by atoms with Gasteiger partial charge < -0.3 is 19.5 Å². The van der Waals surface area contributed by atoms with Crippen molar-refractivity contribution in [2.45, 2.75) is 52.2 Å². The maximum absolute atomic E-state index is 12.2. The monoisotopic (exact) mass is 392 g/mol. The molecule has 1 N–H and O–H groups in total. The number of piperazine rings is 1. The number of ether oxygens (including phenoxy) is 2. The van der Waals surface area contributed by atoms with Gasteiger partial charge in [0.15, 0.2) is 0 Å². The van der Waals surface area contributed by atoms with Gasteiger partial charge in [0.1, 0.15) is 18.0 Å². The largest absolute Gasteiger partial charge is 0.492 e. The van der Waals surface area contributed by atoms with Crippen molar-refractivity contribution in [3.05, 3.63) is 29.8 Å². The van der Waals surface area contributed by atoms with E-state index in [1.54, 1.807) is 4.90 Å². The third kappa shape index (κ3) is 7.38. The number of benzene rings is 1. The Balaban J connectivity index is 1.72. The van der Waals surface area contributed by atoms with Crippen LogP contribution in [0.25, 0.3) is 0 Å². The number of aryl methyl sites for hydroxylation is 1. The molecule has 156 valence electrons. The minimum Gasteiger partial charge on any atom is -0.492 e. The minimum absolute atomic E-state index is 0.132. The molecule has 2 rings (SSSR count). The van der Waals surface area contributed by atoms with Crippen LogP contribution in [-0.4, -0.2) is 71.4 Å². The Morgan fingerprint density at radius 1 is 1.18 bits per heavy atom. The highest BCUT2D eigenvalue weighted by Crippen LogP contribution is 2.16. The number of amides is 1. The summed E-state index contributed by atoms with van der Waals surface area (Å²) in [5.41, 5.74) is 0.510. The summed E-state index contributed by atoms with van der Waals surface area (Å²) in [6, 6.07) is 7.80. The maximum Gasteiger partial charge on any atom is 0.410 e. The summed E-state index contributed by atoms with van der Waals surface area (Å²) >= 11 is 0. The van der Waals surface area contributed by atoms with E-state index in [9.17, 15) is 9.59 Å². The molecule has 1 aromatic carbocycles. The molecule has 0 unspecified atom stereocenters. The Morgan fingerprint density at radius 3 is 2.43 bits per heavy atom. The molecule has 1 saturated heterocycles. The summed E-state index contributed by atoms with van der Waals surface area (Å²) in [4.78, 5) is 26.9. The lowest BCUT2D eigenvalue weighted by molar-refractivity contribution is -0.136. The molecule has 0 spiro atoms. The molecular formula is C21H32N2O5. The van der Waals surface area contributed by atoms with Crippen LogP contribution < -0.4 is 4.74 Å². The molecule has 1 heterocycles. The molecule has 1 atom stereocenters. The van der Waals surface area contributed by atoms with Crippen LogP contribution in [0.2, 0.25) is 0 Å². The van der Waals surface area contributed by atoms with E-state index < -0.39 is 11.6 Å². The van der Waals surface area contributed by atoms with E-state index in [1.165, 1.54) is 0 Å². The molecule has 0 saturated carbocycles. The highest BCUT2D eigenvalue weighted by Gasteiger charge is 2.29. The molecular weight excluding hydrogens is 360 g/mol. The van der Waals surface area contributed by atoms with Crippen molar-refractivity contribution in [3.63, 3.8) is 0 Å². The Kier molecular flexibility index (Phi) is 7.69. The van der Waals surface area contributed by atoms with Gasteiger partial charge in [-0.25, -0.2) is 4.79 Å². The maximum atomic E-state index is 12.2. The Bertz CT molecular complexity index is 654. The number of hydrogen-bond donors (Lipinski definition) is 1. The van der Waals surface area contributed by atoms with Crippen molar-refractivity contribution in [2.75, 3.05) is 32.8 Å². The van der Waals surface area contributed by atoms with Gasteiger partial charge in [-0.15, -0.1) is 0 Å². The van der Waals surface area contributed by atoms with Crippen molar-refractivity contribution in [2.24, 2.45) is 0 Å². The standard InChI is InChI=1S/C21H32N2O5/c1-16-15-23(20(26)28-21(2,3)4)12-11-22(16)13-14-27-18-8-5-17(6-9-18)7-10-19(24)25/h5-6,8-9,16H,7,10-15H2,1-4H3,(H,24,25)/t16-/m1/s1. The van der Waals surface area contributed by atoms with Crippen LogP contribution in [0.3, 0.4) is 0 Å². The summed E-state index contributed by atoms with van der Waals surface area (Å²) in [5, 5.41) is 8.73. The molecule has 1 aliphatic heterocycles. The van der Waals surface area contributed by atoms with Crippen molar-refractivity contribution < 1.29 is 24.2 Å². The fourth-order valence-corrected chi connectivity index (χ4v) is 3.10. The summed E-state index contributed by atoms with van der Waals surface area (Å²) in [5.74, 6) is -0.0136. The van der Waals surface area contributed by atoms with Gasteiger partial charge in [0.05, 0.1) is 0 Å². The van der Waals surface area contributed by atoms with Gasteiger partial charge in [0.2, 0.25) is 0 Å². The van der Waals surface area contributed by atoms with E-state index in [-0.39, 0.29) is 18.6 Å². The van der Waals surface area contributed by atoms with E-state index in [1.807, 2.05) is 45.0 Å². The number of carbonyl (C=O) groups is 2. The second kappa shape index (κ2) is 9.78.